The molecule has 4 N–H and O–H groups in total. The van der Waals surface area contributed by atoms with Crippen molar-refractivity contribution in [2.75, 3.05) is 6.58 Å². The summed E-state index contributed by atoms with van der Waals surface area (Å²) in [5.74, 6) is -0.0161. The summed E-state index contributed by atoms with van der Waals surface area (Å²) >= 11 is 0. The van der Waals surface area contributed by atoms with E-state index < -0.39 is 49.1 Å². The number of halogens is 3. The van der Waals surface area contributed by atoms with E-state index in [1.807, 2.05) is 0 Å². The minimum Gasteiger partial charge on any atom is -0.462 e. The smallest absolute Gasteiger partial charge is 0.442 e. The first kappa shape index (κ1) is 16.7. The van der Waals surface area contributed by atoms with E-state index >= 15 is 0 Å². The van der Waals surface area contributed by atoms with Crippen molar-refractivity contribution >= 4 is 0 Å². The molecule has 2 aliphatic heterocycles. The van der Waals surface area contributed by atoms with Crippen molar-refractivity contribution < 1.29 is 44.4 Å². The van der Waals surface area contributed by atoms with Gasteiger partial charge in [0, 0.05) is 5.56 Å². The fourth-order valence-corrected chi connectivity index (χ4v) is 2.44. The van der Waals surface area contributed by atoms with Crippen molar-refractivity contribution in [1.29, 1.82) is 0 Å². The SMILES string of the molecule is [3H]C(O)[C@H]1O[C@H](Oc2ccc(C3(C(F)(F)F)N=N3)cc2)[C@H](O)[C@@H](O)[C@H]1O. The molecule has 0 spiro atoms. The van der Waals surface area contributed by atoms with Gasteiger partial charge in [-0.05, 0) is 12.1 Å². The largest absolute Gasteiger partial charge is 0.462 e. The van der Waals surface area contributed by atoms with Crippen molar-refractivity contribution in [1.82, 2.24) is 0 Å². The van der Waals surface area contributed by atoms with E-state index in [1.54, 1.807) is 0 Å². The molecule has 8 nitrogen and oxygen atoms in total. The number of benzene rings is 1. The maximum absolute atomic E-state index is 12.9. The lowest BCUT2D eigenvalue weighted by molar-refractivity contribution is -0.277. The Hall–Kier alpha value is -1.79. The van der Waals surface area contributed by atoms with Gasteiger partial charge in [-0.25, -0.2) is 0 Å². The van der Waals surface area contributed by atoms with Crippen LogP contribution in [0.2, 0.25) is 0 Å². The molecule has 0 bridgehead atoms. The van der Waals surface area contributed by atoms with Crippen molar-refractivity contribution in [2.45, 2.75) is 42.5 Å². The van der Waals surface area contributed by atoms with Gasteiger partial charge < -0.3 is 29.9 Å². The number of ether oxygens (including phenoxy) is 2. The lowest BCUT2D eigenvalue weighted by Gasteiger charge is -2.39. The molecular formula is C14H15F3N2O6. The molecule has 1 unspecified atom stereocenters. The van der Waals surface area contributed by atoms with Crippen LogP contribution < -0.4 is 4.74 Å². The van der Waals surface area contributed by atoms with Crippen LogP contribution in [0.1, 0.15) is 6.93 Å². The fourth-order valence-electron chi connectivity index (χ4n) is 2.44. The first-order valence-electron chi connectivity index (χ1n) is 7.72. The summed E-state index contributed by atoms with van der Waals surface area (Å²) in [4.78, 5) is 0. The van der Waals surface area contributed by atoms with Crippen molar-refractivity contribution in [3.05, 3.63) is 29.8 Å². The second-order valence-electron chi connectivity index (χ2n) is 5.60. The molecule has 1 saturated heterocycles. The highest BCUT2D eigenvalue weighted by atomic mass is 19.4. The molecule has 0 radical (unpaired) electrons. The monoisotopic (exact) mass is 366 g/mol. The number of aliphatic hydroxyl groups excluding tert-OH is 4. The Bertz CT molecular complexity index is 680. The highest BCUT2D eigenvalue weighted by Crippen LogP contribution is 2.52. The van der Waals surface area contributed by atoms with Gasteiger partial charge in [-0.2, -0.15) is 13.2 Å². The summed E-state index contributed by atoms with van der Waals surface area (Å²) in [6.45, 7) is -1.91. The first-order chi connectivity index (χ1) is 12.1. The topological polar surface area (TPSA) is 124 Å². The van der Waals surface area contributed by atoms with Gasteiger partial charge in [0.25, 0.3) is 0 Å². The van der Waals surface area contributed by atoms with Crippen LogP contribution in [0.5, 0.6) is 5.75 Å². The lowest BCUT2D eigenvalue weighted by Crippen LogP contribution is -2.60. The molecule has 0 amide bonds. The van der Waals surface area contributed by atoms with Crippen LogP contribution >= 0.6 is 0 Å². The average molecular weight is 366 g/mol. The van der Waals surface area contributed by atoms with Crippen LogP contribution in [0.3, 0.4) is 0 Å². The molecule has 2 heterocycles. The molecule has 11 heteroatoms. The van der Waals surface area contributed by atoms with Crippen molar-refractivity contribution in [3.8, 4) is 5.75 Å². The second kappa shape index (κ2) is 6.18. The molecule has 25 heavy (non-hydrogen) atoms. The Labute approximate surface area is 140 Å². The lowest BCUT2D eigenvalue weighted by atomic mass is 9.99. The van der Waals surface area contributed by atoms with Crippen LogP contribution in [0.25, 0.3) is 0 Å². The van der Waals surface area contributed by atoms with Crippen LogP contribution in [0, 0.1) is 0 Å². The number of aliphatic hydroxyl groups is 4. The standard InChI is InChI=1S/C14H15F3N2O6/c15-14(16,17)13(18-19-13)6-1-3-7(4-2-6)24-12-11(23)10(22)9(21)8(5-20)25-12/h1-4,8-12,20-23H,5H2/t8-,9+,10+,11-,12+/m1/s1/i5T/t5?,8-,9+,10+,11-,12+. The van der Waals surface area contributed by atoms with Crippen molar-refractivity contribution in [3.63, 3.8) is 0 Å². The molecule has 1 fully saturated rings. The van der Waals surface area contributed by atoms with E-state index in [1.165, 1.54) is 0 Å². The van der Waals surface area contributed by atoms with Gasteiger partial charge in [-0.1, -0.05) is 12.1 Å². The molecule has 6 atom stereocenters. The van der Waals surface area contributed by atoms with E-state index in [0.717, 1.165) is 24.3 Å². The second-order valence-corrected chi connectivity index (χ2v) is 5.60. The molecule has 0 saturated carbocycles. The minimum absolute atomic E-state index is 0.0161. The highest BCUT2D eigenvalue weighted by molar-refractivity contribution is 5.35. The van der Waals surface area contributed by atoms with Gasteiger partial charge >= 0.3 is 11.8 Å². The summed E-state index contributed by atoms with van der Waals surface area (Å²) < 4.78 is 56.3. The maximum atomic E-state index is 12.9. The molecular weight excluding hydrogens is 349 g/mol. The summed E-state index contributed by atoms with van der Waals surface area (Å²) in [6, 6.07) is 4.48. The predicted octanol–water partition coefficient (Wildman–Crippen LogP) is 0.0462. The summed E-state index contributed by atoms with van der Waals surface area (Å²) in [5, 5.41) is 44.7. The third-order valence-electron chi connectivity index (χ3n) is 3.96. The normalized spacial score (nSPS) is 35.8. The average Bonchev–Trinajstić information content (AvgIpc) is 3.37. The van der Waals surface area contributed by atoms with Crippen LogP contribution in [-0.2, 0) is 10.4 Å². The van der Waals surface area contributed by atoms with Gasteiger partial charge in [0.1, 0.15) is 30.2 Å². The summed E-state index contributed by atoms with van der Waals surface area (Å²) in [5.41, 5.74) is -2.80. The molecule has 138 valence electrons. The molecule has 0 aliphatic carbocycles. The Morgan fingerprint density at radius 3 is 2.20 bits per heavy atom. The van der Waals surface area contributed by atoms with Crippen LogP contribution in [-0.4, -0.2) is 63.9 Å². The fraction of sp³-hybridized carbons (Fsp3) is 0.571. The quantitative estimate of drug-likeness (QED) is 0.597. The number of rotatable bonds is 4. The summed E-state index contributed by atoms with van der Waals surface area (Å²) in [6.07, 6.45) is -13.0. The molecule has 0 aromatic heterocycles. The predicted molar refractivity (Wildman–Crippen MR) is 73.4 cm³/mol. The Morgan fingerprint density at radius 2 is 1.72 bits per heavy atom. The molecule has 3 rings (SSSR count). The maximum Gasteiger partial charge on any atom is 0.442 e. The van der Waals surface area contributed by atoms with Gasteiger partial charge in [0.05, 0.1) is 7.95 Å². The van der Waals surface area contributed by atoms with E-state index in [-0.39, 0.29) is 11.3 Å². The number of hydrogen-bond donors (Lipinski definition) is 4. The molecule has 2 aliphatic rings. The van der Waals surface area contributed by atoms with Gasteiger partial charge in [0.15, 0.2) is 0 Å². The zero-order valence-electron chi connectivity index (χ0n) is 13.4. The van der Waals surface area contributed by atoms with E-state index in [4.69, 9.17) is 10.8 Å². The van der Waals surface area contributed by atoms with Crippen LogP contribution in [0.4, 0.5) is 13.2 Å². The highest BCUT2D eigenvalue weighted by Gasteiger charge is 2.65. The van der Waals surface area contributed by atoms with Crippen LogP contribution in [0.15, 0.2) is 34.5 Å². The Kier molecular flexibility index (Phi) is 4.12. The zero-order valence-corrected chi connectivity index (χ0v) is 12.4. The Balaban J connectivity index is 1.73. The number of alkyl halides is 3. The van der Waals surface area contributed by atoms with Gasteiger partial charge in [0.2, 0.25) is 6.29 Å². The van der Waals surface area contributed by atoms with E-state index in [0.29, 0.717) is 0 Å². The van der Waals surface area contributed by atoms with Gasteiger partial charge in [-0.15, -0.1) is 10.2 Å². The minimum atomic E-state index is -4.67. The van der Waals surface area contributed by atoms with Gasteiger partial charge in [-0.3, -0.25) is 0 Å². The number of nitrogens with zero attached hydrogens (tertiary/aromatic N) is 2. The molecule has 1 aromatic carbocycles. The third-order valence-corrected chi connectivity index (χ3v) is 3.96. The van der Waals surface area contributed by atoms with E-state index in [2.05, 4.69) is 10.2 Å². The number of hydrogen-bond acceptors (Lipinski definition) is 8. The summed E-state index contributed by atoms with van der Waals surface area (Å²) in [7, 11) is 0. The van der Waals surface area contributed by atoms with Crippen molar-refractivity contribution in [2.24, 2.45) is 10.2 Å². The molecule has 1 aromatic rings. The Morgan fingerprint density at radius 1 is 1.12 bits per heavy atom. The third kappa shape index (κ3) is 3.09. The van der Waals surface area contributed by atoms with E-state index in [9.17, 15) is 33.6 Å². The zero-order chi connectivity index (χ0) is 19.3. The first-order valence-corrected chi connectivity index (χ1v) is 7.15.